The predicted molar refractivity (Wildman–Crippen MR) is 96.1 cm³/mol. The van der Waals surface area contributed by atoms with E-state index < -0.39 is 0 Å². The highest BCUT2D eigenvalue weighted by Gasteiger charge is 2.27. The van der Waals surface area contributed by atoms with E-state index in [4.69, 9.17) is 4.74 Å². The third-order valence-electron chi connectivity index (χ3n) is 4.23. The van der Waals surface area contributed by atoms with Crippen LogP contribution in [0, 0.1) is 5.92 Å². The predicted octanol–water partition coefficient (Wildman–Crippen LogP) is 3.48. The van der Waals surface area contributed by atoms with Gasteiger partial charge >= 0.3 is 0 Å². The molecule has 1 aromatic carbocycles. The third kappa shape index (κ3) is 4.36. The molecule has 1 fully saturated rings. The van der Waals surface area contributed by atoms with Crippen LogP contribution in [0.3, 0.4) is 0 Å². The summed E-state index contributed by atoms with van der Waals surface area (Å²) in [5.41, 5.74) is 1.91. The van der Waals surface area contributed by atoms with Crippen LogP contribution in [-0.4, -0.2) is 41.7 Å². The molecular formula is C19H22N2O2S. The average Bonchev–Trinajstić information content (AvgIpc) is 3.11. The number of amides is 1. The SMILES string of the molecule is CSc1cc(C(=O)N2CCC(COCc3ccccc3)C2)ccn1. The van der Waals surface area contributed by atoms with Crippen molar-refractivity contribution in [2.24, 2.45) is 5.92 Å². The monoisotopic (exact) mass is 342 g/mol. The number of benzene rings is 1. The van der Waals surface area contributed by atoms with E-state index in [-0.39, 0.29) is 5.91 Å². The lowest BCUT2D eigenvalue weighted by Crippen LogP contribution is -2.29. The van der Waals surface area contributed by atoms with Crippen LogP contribution >= 0.6 is 11.8 Å². The second kappa shape index (κ2) is 8.31. The molecule has 2 aromatic rings. The van der Waals surface area contributed by atoms with Crippen molar-refractivity contribution in [3.05, 3.63) is 59.8 Å². The summed E-state index contributed by atoms with van der Waals surface area (Å²) in [4.78, 5) is 18.8. The molecule has 3 rings (SSSR count). The van der Waals surface area contributed by atoms with E-state index in [1.54, 1.807) is 24.0 Å². The van der Waals surface area contributed by atoms with Crippen molar-refractivity contribution in [3.8, 4) is 0 Å². The molecule has 0 aliphatic carbocycles. The van der Waals surface area contributed by atoms with Crippen LogP contribution in [0.2, 0.25) is 0 Å². The van der Waals surface area contributed by atoms with Gasteiger partial charge in [-0.25, -0.2) is 4.98 Å². The lowest BCUT2D eigenvalue weighted by atomic mass is 10.1. The molecular weight excluding hydrogens is 320 g/mol. The van der Waals surface area contributed by atoms with Gasteiger partial charge in [-0.05, 0) is 30.4 Å². The summed E-state index contributed by atoms with van der Waals surface area (Å²) < 4.78 is 5.82. The lowest BCUT2D eigenvalue weighted by Gasteiger charge is -2.17. The smallest absolute Gasteiger partial charge is 0.254 e. The highest BCUT2D eigenvalue weighted by atomic mass is 32.2. The molecule has 1 amide bonds. The van der Waals surface area contributed by atoms with Gasteiger partial charge < -0.3 is 9.64 Å². The number of rotatable bonds is 6. The van der Waals surface area contributed by atoms with Gasteiger partial charge in [-0.1, -0.05) is 30.3 Å². The van der Waals surface area contributed by atoms with Crippen molar-refractivity contribution in [1.82, 2.24) is 9.88 Å². The van der Waals surface area contributed by atoms with Crippen LogP contribution in [0.15, 0.2) is 53.7 Å². The first kappa shape index (κ1) is 17.0. The van der Waals surface area contributed by atoms with Crippen LogP contribution in [0.4, 0.5) is 0 Å². The molecule has 1 aliphatic rings. The summed E-state index contributed by atoms with van der Waals surface area (Å²) in [5, 5.41) is 0.878. The van der Waals surface area contributed by atoms with Gasteiger partial charge in [0.15, 0.2) is 0 Å². The van der Waals surface area contributed by atoms with E-state index in [0.29, 0.717) is 19.1 Å². The van der Waals surface area contributed by atoms with Crippen molar-refractivity contribution in [3.63, 3.8) is 0 Å². The Morgan fingerprint density at radius 1 is 1.33 bits per heavy atom. The summed E-state index contributed by atoms with van der Waals surface area (Å²) in [6, 6.07) is 13.8. The molecule has 0 N–H and O–H groups in total. The number of ether oxygens (including phenoxy) is 1. The number of aromatic nitrogens is 1. The molecule has 24 heavy (non-hydrogen) atoms. The number of hydrogen-bond acceptors (Lipinski definition) is 4. The maximum Gasteiger partial charge on any atom is 0.254 e. The average molecular weight is 342 g/mol. The molecule has 4 nitrogen and oxygen atoms in total. The van der Waals surface area contributed by atoms with Crippen LogP contribution < -0.4 is 0 Å². The standard InChI is InChI=1S/C19H22N2O2S/c1-24-18-11-17(7-9-20-18)19(22)21-10-8-16(12-21)14-23-13-15-5-3-2-4-6-15/h2-7,9,11,16H,8,10,12-14H2,1H3. The fraction of sp³-hybridized carbons (Fsp3) is 0.368. The highest BCUT2D eigenvalue weighted by Crippen LogP contribution is 2.21. The van der Waals surface area contributed by atoms with Gasteiger partial charge in [0.25, 0.3) is 5.91 Å². The molecule has 126 valence electrons. The summed E-state index contributed by atoms with van der Waals surface area (Å²) in [7, 11) is 0. The third-order valence-corrected chi connectivity index (χ3v) is 4.87. The van der Waals surface area contributed by atoms with Gasteiger partial charge in [-0.2, -0.15) is 0 Å². The summed E-state index contributed by atoms with van der Waals surface area (Å²) in [6.45, 7) is 2.90. The second-order valence-corrected chi connectivity index (χ2v) is 6.82. The fourth-order valence-electron chi connectivity index (χ4n) is 2.91. The van der Waals surface area contributed by atoms with Crippen molar-refractivity contribution >= 4 is 17.7 Å². The van der Waals surface area contributed by atoms with Gasteiger partial charge in [0, 0.05) is 30.8 Å². The van der Waals surface area contributed by atoms with E-state index in [1.165, 1.54) is 5.56 Å². The Hall–Kier alpha value is -1.85. The molecule has 2 heterocycles. The Morgan fingerprint density at radius 2 is 2.17 bits per heavy atom. The van der Waals surface area contributed by atoms with Gasteiger partial charge in [0.2, 0.25) is 0 Å². The summed E-state index contributed by atoms with van der Waals surface area (Å²) >= 11 is 1.55. The molecule has 1 unspecified atom stereocenters. The molecule has 0 bridgehead atoms. The van der Waals surface area contributed by atoms with E-state index in [0.717, 1.165) is 30.1 Å². The molecule has 1 saturated heterocycles. The molecule has 1 aromatic heterocycles. The number of likely N-dealkylation sites (tertiary alicyclic amines) is 1. The number of hydrogen-bond donors (Lipinski definition) is 0. The van der Waals surface area contributed by atoms with Crippen molar-refractivity contribution < 1.29 is 9.53 Å². The van der Waals surface area contributed by atoms with E-state index in [2.05, 4.69) is 17.1 Å². The molecule has 5 heteroatoms. The highest BCUT2D eigenvalue weighted by molar-refractivity contribution is 7.98. The number of nitrogens with zero attached hydrogens (tertiary/aromatic N) is 2. The maximum absolute atomic E-state index is 12.6. The summed E-state index contributed by atoms with van der Waals surface area (Å²) in [5.74, 6) is 0.512. The van der Waals surface area contributed by atoms with Crippen LogP contribution in [0.5, 0.6) is 0 Å². The maximum atomic E-state index is 12.6. The first-order valence-electron chi connectivity index (χ1n) is 8.17. The van der Waals surface area contributed by atoms with Crippen molar-refractivity contribution in [2.45, 2.75) is 18.1 Å². The zero-order valence-corrected chi connectivity index (χ0v) is 14.7. The van der Waals surface area contributed by atoms with E-state index in [1.807, 2.05) is 35.4 Å². The Kier molecular flexibility index (Phi) is 5.88. The van der Waals surface area contributed by atoms with Gasteiger partial charge in [0.1, 0.15) is 0 Å². The largest absolute Gasteiger partial charge is 0.376 e. The zero-order valence-electron chi connectivity index (χ0n) is 13.9. The molecule has 1 atom stereocenters. The number of carbonyl (C=O) groups excluding carboxylic acids is 1. The Bertz CT molecular complexity index is 678. The first-order valence-corrected chi connectivity index (χ1v) is 9.39. The quantitative estimate of drug-likeness (QED) is 0.754. The Balaban J connectivity index is 1.48. The first-order chi connectivity index (χ1) is 11.8. The van der Waals surface area contributed by atoms with Crippen LogP contribution in [-0.2, 0) is 11.3 Å². The number of carbonyl (C=O) groups is 1. The minimum Gasteiger partial charge on any atom is -0.376 e. The van der Waals surface area contributed by atoms with Gasteiger partial charge in [-0.15, -0.1) is 11.8 Å². The zero-order chi connectivity index (χ0) is 16.8. The molecule has 0 spiro atoms. The minimum atomic E-state index is 0.0956. The van der Waals surface area contributed by atoms with Gasteiger partial charge in [-0.3, -0.25) is 4.79 Å². The molecule has 0 radical (unpaired) electrons. The van der Waals surface area contributed by atoms with E-state index in [9.17, 15) is 4.79 Å². The Morgan fingerprint density at radius 3 is 2.96 bits per heavy atom. The van der Waals surface area contributed by atoms with Crippen LogP contribution in [0.1, 0.15) is 22.3 Å². The van der Waals surface area contributed by atoms with Gasteiger partial charge in [0.05, 0.1) is 18.2 Å². The molecule has 1 aliphatic heterocycles. The van der Waals surface area contributed by atoms with Crippen molar-refractivity contribution in [1.29, 1.82) is 0 Å². The van der Waals surface area contributed by atoms with E-state index >= 15 is 0 Å². The van der Waals surface area contributed by atoms with Crippen molar-refractivity contribution in [2.75, 3.05) is 26.0 Å². The Labute approximate surface area is 147 Å². The fourth-order valence-corrected chi connectivity index (χ4v) is 3.32. The minimum absolute atomic E-state index is 0.0956. The summed E-state index contributed by atoms with van der Waals surface area (Å²) in [6.07, 6.45) is 4.67. The second-order valence-electron chi connectivity index (χ2n) is 5.99. The molecule has 0 saturated carbocycles. The lowest BCUT2D eigenvalue weighted by molar-refractivity contribution is 0.0732. The van der Waals surface area contributed by atoms with Crippen LogP contribution in [0.25, 0.3) is 0 Å². The number of thioether (sulfide) groups is 1. The number of pyridine rings is 1. The topological polar surface area (TPSA) is 42.4 Å². The normalized spacial score (nSPS) is 17.2.